The smallest absolute Gasteiger partial charge is 0.110 e. The Bertz CT molecular complexity index is 375. The van der Waals surface area contributed by atoms with E-state index in [2.05, 4.69) is 23.8 Å². The SMILES string of the molecule is CC(C)N1CCC(O)(c2c(Cl)cnn2C)CC1. The molecule has 0 spiro atoms. The molecule has 17 heavy (non-hydrogen) atoms. The van der Waals surface area contributed by atoms with Crippen LogP contribution in [0.4, 0.5) is 0 Å². The van der Waals surface area contributed by atoms with Crippen LogP contribution in [-0.2, 0) is 12.6 Å². The summed E-state index contributed by atoms with van der Waals surface area (Å²) in [4.78, 5) is 2.37. The van der Waals surface area contributed by atoms with E-state index in [9.17, 15) is 5.11 Å². The molecule has 1 aliphatic rings. The lowest BCUT2D eigenvalue weighted by Crippen LogP contribution is -2.46. The molecule has 96 valence electrons. The summed E-state index contributed by atoms with van der Waals surface area (Å²) in [5.41, 5.74) is -0.0733. The zero-order chi connectivity index (χ0) is 12.6. The third kappa shape index (κ3) is 2.34. The van der Waals surface area contributed by atoms with Gasteiger partial charge < -0.3 is 10.0 Å². The van der Waals surface area contributed by atoms with Crippen LogP contribution in [0.1, 0.15) is 32.4 Å². The predicted octanol–water partition coefficient (Wildman–Crippen LogP) is 1.77. The molecule has 0 aromatic carbocycles. The lowest BCUT2D eigenvalue weighted by atomic mass is 9.87. The zero-order valence-electron chi connectivity index (χ0n) is 10.6. The monoisotopic (exact) mass is 257 g/mol. The van der Waals surface area contributed by atoms with Crippen LogP contribution in [0.25, 0.3) is 0 Å². The predicted molar refractivity (Wildman–Crippen MR) is 68.1 cm³/mol. The Kier molecular flexibility index (Phi) is 3.48. The van der Waals surface area contributed by atoms with Crippen molar-refractivity contribution in [1.82, 2.24) is 14.7 Å². The maximum atomic E-state index is 10.7. The Morgan fingerprint density at radius 3 is 2.41 bits per heavy atom. The molecule has 1 aromatic heterocycles. The van der Waals surface area contributed by atoms with Gasteiger partial charge in [-0.1, -0.05) is 11.6 Å². The summed E-state index contributed by atoms with van der Waals surface area (Å²) in [5, 5.41) is 15.4. The molecule has 1 saturated heterocycles. The van der Waals surface area contributed by atoms with Crippen LogP contribution < -0.4 is 0 Å². The summed E-state index contributed by atoms with van der Waals surface area (Å²) in [6, 6.07) is 0.529. The fourth-order valence-corrected chi connectivity index (χ4v) is 2.92. The van der Waals surface area contributed by atoms with Gasteiger partial charge in [-0.15, -0.1) is 0 Å². The molecule has 1 fully saturated rings. The molecule has 0 radical (unpaired) electrons. The largest absolute Gasteiger partial charge is 0.383 e. The van der Waals surface area contributed by atoms with E-state index in [4.69, 9.17) is 11.6 Å². The third-order valence-electron chi connectivity index (χ3n) is 3.69. The number of aryl methyl sites for hydroxylation is 1. The van der Waals surface area contributed by atoms with E-state index in [0.29, 0.717) is 23.9 Å². The van der Waals surface area contributed by atoms with Gasteiger partial charge in [0.2, 0.25) is 0 Å². The number of rotatable bonds is 2. The molecule has 0 unspecified atom stereocenters. The van der Waals surface area contributed by atoms with Gasteiger partial charge in [0.25, 0.3) is 0 Å². The van der Waals surface area contributed by atoms with Gasteiger partial charge in [0.05, 0.1) is 16.9 Å². The Morgan fingerprint density at radius 1 is 1.41 bits per heavy atom. The fraction of sp³-hybridized carbons (Fsp3) is 0.750. The third-order valence-corrected chi connectivity index (χ3v) is 3.97. The summed E-state index contributed by atoms with van der Waals surface area (Å²) in [7, 11) is 1.83. The molecule has 0 bridgehead atoms. The molecule has 1 aliphatic heterocycles. The van der Waals surface area contributed by atoms with Gasteiger partial charge in [-0.2, -0.15) is 5.10 Å². The van der Waals surface area contributed by atoms with Crippen molar-refractivity contribution in [2.24, 2.45) is 7.05 Å². The van der Waals surface area contributed by atoms with Crippen molar-refractivity contribution in [1.29, 1.82) is 0 Å². The van der Waals surface area contributed by atoms with Crippen molar-refractivity contribution in [2.75, 3.05) is 13.1 Å². The highest BCUT2D eigenvalue weighted by Gasteiger charge is 2.38. The number of aliphatic hydroxyl groups is 1. The second-order valence-corrected chi connectivity index (χ2v) is 5.53. The number of piperidine rings is 1. The number of hydrogen-bond donors (Lipinski definition) is 1. The first-order chi connectivity index (χ1) is 7.94. The van der Waals surface area contributed by atoms with Crippen LogP contribution in [0.15, 0.2) is 6.20 Å². The molecule has 0 aliphatic carbocycles. The minimum atomic E-state index is -0.826. The molecule has 2 rings (SSSR count). The molecular formula is C12H20ClN3O. The van der Waals surface area contributed by atoms with Gasteiger partial charge in [-0.25, -0.2) is 0 Å². The van der Waals surface area contributed by atoms with Crippen LogP contribution in [0.3, 0.4) is 0 Å². The van der Waals surface area contributed by atoms with Gasteiger partial charge in [-0.05, 0) is 26.7 Å². The highest BCUT2D eigenvalue weighted by Crippen LogP contribution is 2.36. The van der Waals surface area contributed by atoms with Crippen LogP contribution in [0.5, 0.6) is 0 Å². The zero-order valence-corrected chi connectivity index (χ0v) is 11.4. The standard InChI is InChI=1S/C12H20ClN3O/c1-9(2)16-6-4-12(17,5-7-16)11-10(13)8-14-15(11)3/h8-9,17H,4-7H2,1-3H3. The molecular weight excluding hydrogens is 238 g/mol. The average molecular weight is 258 g/mol. The first-order valence-electron chi connectivity index (χ1n) is 6.08. The highest BCUT2D eigenvalue weighted by atomic mass is 35.5. The Labute approximate surface area is 107 Å². The van der Waals surface area contributed by atoms with Gasteiger partial charge in [-0.3, -0.25) is 4.68 Å². The van der Waals surface area contributed by atoms with Crippen molar-refractivity contribution < 1.29 is 5.11 Å². The van der Waals surface area contributed by atoms with E-state index < -0.39 is 5.60 Å². The van der Waals surface area contributed by atoms with Gasteiger partial charge >= 0.3 is 0 Å². The van der Waals surface area contributed by atoms with Gasteiger partial charge in [0, 0.05) is 26.2 Å². The van der Waals surface area contributed by atoms with E-state index in [1.165, 1.54) is 0 Å². The van der Waals surface area contributed by atoms with Crippen LogP contribution >= 0.6 is 11.6 Å². The van der Waals surface area contributed by atoms with Crippen molar-refractivity contribution in [3.05, 3.63) is 16.9 Å². The molecule has 1 N–H and O–H groups in total. The lowest BCUT2D eigenvalue weighted by Gasteiger charge is -2.40. The first-order valence-corrected chi connectivity index (χ1v) is 6.46. The maximum Gasteiger partial charge on any atom is 0.110 e. The number of halogens is 1. The van der Waals surface area contributed by atoms with E-state index >= 15 is 0 Å². The van der Waals surface area contributed by atoms with Crippen molar-refractivity contribution in [3.63, 3.8) is 0 Å². The fourth-order valence-electron chi connectivity index (χ4n) is 2.58. The number of aromatic nitrogens is 2. The minimum Gasteiger partial charge on any atom is -0.383 e. The Hall–Kier alpha value is -0.580. The lowest BCUT2D eigenvalue weighted by molar-refractivity contribution is -0.0381. The quantitative estimate of drug-likeness (QED) is 0.878. The molecule has 2 heterocycles. The second kappa shape index (κ2) is 4.59. The van der Waals surface area contributed by atoms with Gasteiger partial charge in [0.1, 0.15) is 5.60 Å². The van der Waals surface area contributed by atoms with Crippen molar-refractivity contribution in [2.45, 2.75) is 38.3 Å². The summed E-state index contributed by atoms with van der Waals surface area (Å²) in [6.07, 6.45) is 3.03. The van der Waals surface area contributed by atoms with E-state index in [-0.39, 0.29) is 0 Å². The maximum absolute atomic E-state index is 10.7. The number of likely N-dealkylation sites (tertiary alicyclic amines) is 1. The topological polar surface area (TPSA) is 41.3 Å². The Balaban J connectivity index is 2.18. The van der Waals surface area contributed by atoms with Gasteiger partial charge in [0.15, 0.2) is 0 Å². The second-order valence-electron chi connectivity index (χ2n) is 5.13. The molecule has 1 aromatic rings. The summed E-state index contributed by atoms with van der Waals surface area (Å²) in [6.45, 7) is 6.16. The summed E-state index contributed by atoms with van der Waals surface area (Å²) < 4.78 is 1.69. The average Bonchev–Trinajstić information content (AvgIpc) is 2.59. The van der Waals surface area contributed by atoms with Crippen molar-refractivity contribution in [3.8, 4) is 0 Å². The summed E-state index contributed by atoms with van der Waals surface area (Å²) in [5.74, 6) is 0. The van der Waals surface area contributed by atoms with Crippen LogP contribution in [0.2, 0.25) is 5.02 Å². The molecule has 0 atom stereocenters. The van der Waals surface area contributed by atoms with Crippen LogP contribution in [-0.4, -0.2) is 38.9 Å². The molecule has 5 heteroatoms. The molecule has 0 amide bonds. The Morgan fingerprint density at radius 2 is 2.00 bits per heavy atom. The molecule has 4 nitrogen and oxygen atoms in total. The normalized spacial score (nSPS) is 21.1. The number of nitrogens with zero attached hydrogens (tertiary/aromatic N) is 3. The summed E-state index contributed by atoms with van der Waals surface area (Å²) >= 11 is 6.11. The van der Waals surface area contributed by atoms with E-state index in [1.807, 2.05) is 7.05 Å². The van der Waals surface area contributed by atoms with E-state index in [0.717, 1.165) is 18.8 Å². The minimum absolute atomic E-state index is 0.529. The highest BCUT2D eigenvalue weighted by molar-refractivity contribution is 6.31. The number of hydrogen-bond acceptors (Lipinski definition) is 3. The van der Waals surface area contributed by atoms with Crippen molar-refractivity contribution >= 4 is 11.6 Å². The first kappa shape index (κ1) is 12.9. The van der Waals surface area contributed by atoms with Crippen LogP contribution in [0, 0.1) is 0 Å². The molecule has 0 saturated carbocycles. The van der Waals surface area contributed by atoms with E-state index in [1.54, 1.807) is 10.9 Å².